The average Bonchev–Trinajstić information content (AvgIpc) is 2.94. The first-order valence-electron chi connectivity index (χ1n) is 7.84. The maximum absolute atomic E-state index is 13.2. The number of benzene rings is 1. The minimum Gasteiger partial charge on any atom is -0.453 e. The Morgan fingerprint density at radius 3 is 2.96 bits per heavy atom. The van der Waals surface area contributed by atoms with Crippen molar-refractivity contribution < 1.29 is 18.7 Å². The second-order valence-electron chi connectivity index (χ2n) is 6.11. The first-order chi connectivity index (χ1) is 11.0. The van der Waals surface area contributed by atoms with Crippen molar-refractivity contribution in [2.24, 2.45) is 5.92 Å². The molecule has 0 unspecified atom stereocenters. The molecule has 126 valence electrons. The molecule has 1 heterocycles. The average molecular weight is 322 g/mol. The lowest BCUT2D eigenvalue weighted by Gasteiger charge is -2.17. The van der Waals surface area contributed by atoms with E-state index in [9.17, 15) is 14.0 Å². The topological polar surface area (TPSA) is 58.6 Å². The van der Waals surface area contributed by atoms with Gasteiger partial charge in [-0.1, -0.05) is 19.1 Å². The van der Waals surface area contributed by atoms with Crippen LogP contribution in [0.25, 0.3) is 0 Å². The number of likely N-dealkylation sites (tertiary alicyclic amines) is 1. The number of rotatable bonds is 5. The zero-order valence-corrected chi connectivity index (χ0v) is 13.5. The van der Waals surface area contributed by atoms with Gasteiger partial charge in [0, 0.05) is 25.6 Å². The van der Waals surface area contributed by atoms with E-state index in [1.54, 1.807) is 11.0 Å². The van der Waals surface area contributed by atoms with Crippen molar-refractivity contribution in [3.8, 4) is 0 Å². The molecule has 1 saturated heterocycles. The Morgan fingerprint density at radius 2 is 2.26 bits per heavy atom. The largest absolute Gasteiger partial charge is 0.453 e. The molecule has 0 aliphatic carbocycles. The third-order valence-electron chi connectivity index (χ3n) is 3.99. The van der Waals surface area contributed by atoms with Crippen molar-refractivity contribution in [1.82, 2.24) is 10.2 Å². The molecule has 2 amide bonds. The summed E-state index contributed by atoms with van der Waals surface area (Å²) in [6, 6.07) is 6.43. The summed E-state index contributed by atoms with van der Waals surface area (Å²) >= 11 is 0. The fourth-order valence-corrected chi connectivity index (χ4v) is 2.91. The zero-order chi connectivity index (χ0) is 16.8. The van der Waals surface area contributed by atoms with Gasteiger partial charge in [0.25, 0.3) is 0 Å². The lowest BCUT2D eigenvalue weighted by Crippen LogP contribution is -2.39. The molecule has 0 aromatic heterocycles. The van der Waals surface area contributed by atoms with Crippen LogP contribution in [0, 0.1) is 11.7 Å². The van der Waals surface area contributed by atoms with Crippen molar-refractivity contribution in [3.05, 3.63) is 35.6 Å². The van der Waals surface area contributed by atoms with Gasteiger partial charge in [-0.15, -0.1) is 0 Å². The lowest BCUT2D eigenvalue weighted by molar-refractivity contribution is -0.122. The molecule has 0 spiro atoms. The Morgan fingerprint density at radius 1 is 1.48 bits per heavy atom. The summed E-state index contributed by atoms with van der Waals surface area (Å²) in [7, 11) is 1.35. The van der Waals surface area contributed by atoms with Crippen molar-refractivity contribution in [2.75, 3.05) is 20.2 Å². The van der Waals surface area contributed by atoms with Crippen LogP contribution in [0.15, 0.2) is 24.3 Å². The maximum atomic E-state index is 13.2. The standard InChI is InChI=1S/C17H23FN2O3/c1-12(8-13-4-3-5-14(18)10-13)9-16(21)19-15-6-7-20(11-15)17(22)23-2/h3-5,10,12,15H,6-9,11H2,1-2H3,(H,19,21)/t12-,15+/m1/s1. The molecule has 0 saturated carbocycles. The first kappa shape index (κ1) is 17.2. The van der Waals surface area contributed by atoms with Crippen molar-refractivity contribution in [2.45, 2.75) is 32.2 Å². The van der Waals surface area contributed by atoms with E-state index in [1.165, 1.54) is 19.2 Å². The second-order valence-corrected chi connectivity index (χ2v) is 6.11. The highest BCUT2D eigenvalue weighted by Crippen LogP contribution is 2.15. The van der Waals surface area contributed by atoms with Gasteiger partial charge in [-0.25, -0.2) is 9.18 Å². The molecule has 5 nitrogen and oxygen atoms in total. The van der Waals surface area contributed by atoms with Gasteiger partial charge < -0.3 is 15.0 Å². The molecular weight excluding hydrogens is 299 g/mol. The SMILES string of the molecule is COC(=O)N1CC[C@H](NC(=O)C[C@H](C)Cc2cccc(F)c2)C1. The molecule has 1 fully saturated rings. The summed E-state index contributed by atoms with van der Waals surface area (Å²) in [5, 5.41) is 2.95. The third kappa shape index (κ3) is 5.23. The second kappa shape index (κ2) is 7.94. The monoisotopic (exact) mass is 322 g/mol. The van der Waals surface area contributed by atoms with E-state index < -0.39 is 0 Å². The van der Waals surface area contributed by atoms with Gasteiger partial charge in [0.15, 0.2) is 0 Å². The van der Waals surface area contributed by atoms with Gasteiger partial charge in [-0.3, -0.25) is 4.79 Å². The summed E-state index contributed by atoms with van der Waals surface area (Å²) in [6.45, 7) is 3.05. The number of nitrogens with zero attached hydrogens (tertiary/aromatic N) is 1. The molecule has 1 aromatic carbocycles. The van der Waals surface area contributed by atoms with Crippen LogP contribution in [0.5, 0.6) is 0 Å². The summed E-state index contributed by atoms with van der Waals surface area (Å²) in [6.07, 6.45) is 1.41. The molecule has 0 radical (unpaired) electrons. The van der Waals surface area contributed by atoms with Crippen molar-refractivity contribution >= 4 is 12.0 Å². The number of nitrogens with one attached hydrogen (secondary N) is 1. The maximum Gasteiger partial charge on any atom is 0.409 e. The van der Waals surface area contributed by atoms with Crippen LogP contribution in [0.4, 0.5) is 9.18 Å². The molecule has 1 N–H and O–H groups in total. The van der Waals surface area contributed by atoms with Crippen molar-refractivity contribution in [3.63, 3.8) is 0 Å². The van der Waals surface area contributed by atoms with Gasteiger partial charge in [0.05, 0.1) is 7.11 Å². The number of hydrogen-bond donors (Lipinski definition) is 1. The van der Waals surface area contributed by atoms with Crippen LogP contribution < -0.4 is 5.32 Å². The molecule has 1 aromatic rings. The third-order valence-corrected chi connectivity index (χ3v) is 3.99. The molecular formula is C17H23FN2O3. The van der Waals surface area contributed by atoms with Crippen LogP contribution in [-0.2, 0) is 16.0 Å². The molecule has 6 heteroatoms. The van der Waals surface area contributed by atoms with E-state index >= 15 is 0 Å². The van der Waals surface area contributed by atoms with E-state index in [4.69, 9.17) is 0 Å². The first-order valence-corrected chi connectivity index (χ1v) is 7.84. The van der Waals surface area contributed by atoms with Gasteiger partial charge in [0.1, 0.15) is 5.82 Å². The van der Waals surface area contributed by atoms with Crippen LogP contribution >= 0.6 is 0 Å². The minimum atomic E-state index is -0.360. The number of ether oxygens (including phenoxy) is 1. The summed E-state index contributed by atoms with van der Waals surface area (Å²) in [5.74, 6) is -0.173. The highest BCUT2D eigenvalue weighted by molar-refractivity contribution is 5.76. The zero-order valence-electron chi connectivity index (χ0n) is 13.5. The Hall–Kier alpha value is -2.11. The number of carbonyl (C=O) groups is 2. The fourth-order valence-electron chi connectivity index (χ4n) is 2.91. The predicted octanol–water partition coefficient (Wildman–Crippen LogP) is 2.35. The number of amides is 2. The Balaban J connectivity index is 1.75. The van der Waals surface area contributed by atoms with Gasteiger partial charge >= 0.3 is 6.09 Å². The van der Waals surface area contributed by atoms with E-state index in [1.807, 2.05) is 13.0 Å². The number of hydrogen-bond acceptors (Lipinski definition) is 3. The Bertz CT molecular complexity index is 565. The highest BCUT2D eigenvalue weighted by atomic mass is 19.1. The van der Waals surface area contributed by atoms with Gasteiger partial charge in [-0.2, -0.15) is 0 Å². The molecule has 23 heavy (non-hydrogen) atoms. The van der Waals surface area contributed by atoms with Crippen LogP contribution in [0.2, 0.25) is 0 Å². The number of halogens is 1. The van der Waals surface area contributed by atoms with E-state index in [-0.39, 0.29) is 29.8 Å². The minimum absolute atomic E-state index is 0.0250. The Labute approximate surface area is 135 Å². The van der Waals surface area contributed by atoms with Gasteiger partial charge in [-0.05, 0) is 36.5 Å². The quantitative estimate of drug-likeness (QED) is 0.905. The summed E-state index contributed by atoms with van der Waals surface area (Å²) in [5.41, 5.74) is 0.892. The van der Waals surface area contributed by atoms with Crippen LogP contribution in [0.1, 0.15) is 25.3 Å². The highest BCUT2D eigenvalue weighted by Gasteiger charge is 2.27. The molecule has 1 aliphatic rings. The molecule has 1 aliphatic heterocycles. The number of carbonyl (C=O) groups excluding carboxylic acids is 2. The molecule has 0 bridgehead atoms. The van der Waals surface area contributed by atoms with Crippen LogP contribution in [0.3, 0.4) is 0 Å². The normalized spacial score (nSPS) is 18.6. The number of methoxy groups -OCH3 is 1. The Kier molecular flexibility index (Phi) is 5.96. The van der Waals surface area contributed by atoms with E-state index in [0.717, 1.165) is 12.0 Å². The fraction of sp³-hybridized carbons (Fsp3) is 0.529. The van der Waals surface area contributed by atoms with E-state index in [0.29, 0.717) is 25.9 Å². The smallest absolute Gasteiger partial charge is 0.409 e. The molecule has 2 rings (SSSR count). The van der Waals surface area contributed by atoms with Crippen LogP contribution in [-0.4, -0.2) is 43.1 Å². The van der Waals surface area contributed by atoms with E-state index in [2.05, 4.69) is 10.1 Å². The van der Waals surface area contributed by atoms with Crippen molar-refractivity contribution in [1.29, 1.82) is 0 Å². The predicted molar refractivity (Wildman–Crippen MR) is 84.4 cm³/mol. The lowest BCUT2D eigenvalue weighted by atomic mass is 9.97. The summed E-state index contributed by atoms with van der Waals surface area (Å²) < 4.78 is 17.8. The molecule has 2 atom stereocenters. The summed E-state index contributed by atoms with van der Waals surface area (Å²) in [4.78, 5) is 25.1. The van der Waals surface area contributed by atoms with Gasteiger partial charge in [0.2, 0.25) is 5.91 Å².